The van der Waals surface area contributed by atoms with Crippen molar-refractivity contribution in [3.63, 3.8) is 0 Å². The van der Waals surface area contributed by atoms with Gasteiger partial charge in [-0.15, -0.1) is 11.3 Å². The third kappa shape index (κ3) is 2.89. The van der Waals surface area contributed by atoms with Crippen molar-refractivity contribution in [1.82, 2.24) is 15.1 Å². The number of hydrogen-bond acceptors (Lipinski definition) is 6. The normalized spacial score (nSPS) is 11.0. The Morgan fingerprint density at radius 1 is 1.16 bits per heavy atom. The molecule has 124 valence electrons. The van der Waals surface area contributed by atoms with E-state index in [9.17, 15) is 4.79 Å². The molecule has 0 fully saturated rings. The lowest BCUT2D eigenvalue weighted by Crippen LogP contribution is -2.13. The molecule has 0 aliphatic carbocycles. The predicted molar refractivity (Wildman–Crippen MR) is 96.8 cm³/mol. The zero-order valence-corrected chi connectivity index (χ0v) is 14.4. The number of nitrogens with one attached hydrogen (secondary N) is 1. The summed E-state index contributed by atoms with van der Waals surface area (Å²) >= 11 is 1.39. The number of anilines is 1. The molecule has 0 radical (unpaired) electrons. The van der Waals surface area contributed by atoms with Crippen LogP contribution < -0.4 is 5.32 Å². The molecule has 0 aliphatic heterocycles. The van der Waals surface area contributed by atoms with Crippen LogP contribution in [-0.4, -0.2) is 21.0 Å². The number of fused-ring (bicyclic) bond motifs is 1. The first kappa shape index (κ1) is 15.5. The van der Waals surface area contributed by atoms with Gasteiger partial charge in [0, 0.05) is 10.9 Å². The number of nitrogens with zero attached hydrogens (tertiary/aromatic N) is 3. The summed E-state index contributed by atoms with van der Waals surface area (Å²) in [6, 6.07) is 11.4. The highest BCUT2D eigenvalue weighted by molar-refractivity contribution is 7.13. The SMILES string of the molecule is Cc1csc(NC(=O)c2cc(-c3ccccc3)nc3onc(C)c23)n1. The molecule has 0 saturated carbocycles. The Hall–Kier alpha value is -3.06. The van der Waals surface area contributed by atoms with Gasteiger partial charge in [-0.1, -0.05) is 35.5 Å². The second kappa shape index (κ2) is 6.10. The summed E-state index contributed by atoms with van der Waals surface area (Å²) < 4.78 is 5.30. The molecule has 3 aromatic heterocycles. The number of aryl methyl sites for hydroxylation is 2. The molecule has 4 aromatic rings. The number of hydrogen-bond donors (Lipinski definition) is 1. The number of carbonyl (C=O) groups excluding carboxylic acids is 1. The Balaban J connectivity index is 1.83. The van der Waals surface area contributed by atoms with Crippen molar-refractivity contribution in [2.24, 2.45) is 0 Å². The minimum Gasteiger partial charge on any atom is -0.335 e. The average Bonchev–Trinajstić information content (AvgIpc) is 3.20. The molecule has 7 heteroatoms. The minimum atomic E-state index is -0.259. The minimum absolute atomic E-state index is 0.259. The summed E-state index contributed by atoms with van der Waals surface area (Å²) in [6.07, 6.45) is 0. The first-order chi connectivity index (χ1) is 12.1. The maximum absolute atomic E-state index is 12.8. The van der Waals surface area contributed by atoms with Gasteiger partial charge in [0.1, 0.15) is 0 Å². The van der Waals surface area contributed by atoms with E-state index in [1.165, 1.54) is 11.3 Å². The van der Waals surface area contributed by atoms with Gasteiger partial charge in [-0.05, 0) is 19.9 Å². The Kier molecular flexibility index (Phi) is 3.77. The third-order valence-electron chi connectivity index (χ3n) is 3.77. The lowest BCUT2D eigenvalue weighted by molar-refractivity contribution is 0.102. The smallest absolute Gasteiger partial charge is 0.259 e. The van der Waals surface area contributed by atoms with Gasteiger partial charge in [0.2, 0.25) is 0 Å². The summed E-state index contributed by atoms with van der Waals surface area (Å²) in [5, 5.41) is 9.85. The van der Waals surface area contributed by atoms with Crippen LogP contribution in [-0.2, 0) is 0 Å². The van der Waals surface area contributed by atoms with Gasteiger partial charge in [0.15, 0.2) is 5.13 Å². The molecule has 25 heavy (non-hydrogen) atoms. The molecule has 3 heterocycles. The second-order valence-electron chi connectivity index (χ2n) is 5.62. The van der Waals surface area contributed by atoms with E-state index in [2.05, 4.69) is 20.4 Å². The topological polar surface area (TPSA) is 80.9 Å². The quantitative estimate of drug-likeness (QED) is 0.598. The van der Waals surface area contributed by atoms with E-state index in [0.717, 1.165) is 11.3 Å². The molecule has 6 nitrogen and oxygen atoms in total. The molecular weight excluding hydrogens is 336 g/mol. The van der Waals surface area contributed by atoms with Gasteiger partial charge < -0.3 is 4.52 Å². The molecule has 1 amide bonds. The lowest BCUT2D eigenvalue weighted by atomic mass is 10.1. The molecule has 0 unspecified atom stereocenters. The van der Waals surface area contributed by atoms with Gasteiger partial charge in [-0.25, -0.2) is 9.97 Å². The van der Waals surface area contributed by atoms with E-state index >= 15 is 0 Å². The number of amides is 1. The molecule has 0 spiro atoms. The van der Waals surface area contributed by atoms with Crippen LogP contribution in [0.4, 0.5) is 5.13 Å². The van der Waals surface area contributed by atoms with Crippen LogP contribution in [0.2, 0.25) is 0 Å². The summed E-state index contributed by atoms with van der Waals surface area (Å²) in [4.78, 5) is 21.6. The summed E-state index contributed by atoms with van der Waals surface area (Å²) in [5.41, 5.74) is 3.87. The van der Waals surface area contributed by atoms with Crippen molar-refractivity contribution in [3.05, 3.63) is 58.7 Å². The van der Waals surface area contributed by atoms with Crippen LogP contribution in [0.25, 0.3) is 22.4 Å². The number of thiazole rings is 1. The predicted octanol–water partition coefficient (Wildman–Crippen LogP) is 4.22. The van der Waals surface area contributed by atoms with Crippen LogP contribution in [0.3, 0.4) is 0 Å². The first-order valence-corrected chi connectivity index (χ1v) is 8.56. The summed E-state index contributed by atoms with van der Waals surface area (Å²) in [7, 11) is 0. The molecule has 0 atom stereocenters. The van der Waals surface area contributed by atoms with Gasteiger partial charge in [-0.3, -0.25) is 10.1 Å². The van der Waals surface area contributed by atoms with E-state index in [1.54, 1.807) is 13.0 Å². The van der Waals surface area contributed by atoms with E-state index in [0.29, 0.717) is 33.2 Å². The third-order valence-corrected chi connectivity index (χ3v) is 4.65. The van der Waals surface area contributed by atoms with Gasteiger partial charge >= 0.3 is 0 Å². The van der Waals surface area contributed by atoms with E-state index in [-0.39, 0.29) is 5.91 Å². The molecule has 1 N–H and O–H groups in total. The molecular formula is C18H14N4O2S. The lowest BCUT2D eigenvalue weighted by Gasteiger charge is -2.06. The number of pyridine rings is 1. The fraction of sp³-hybridized carbons (Fsp3) is 0.111. The summed E-state index contributed by atoms with van der Waals surface area (Å²) in [6.45, 7) is 3.68. The number of carbonyl (C=O) groups is 1. The molecule has 0 bridgehead atoms. The van der Waals surface area contributed by atoms with E-state index in [4.69, 9.17) is 4.52 Å². The molecule has 4 rings (SSSR count). The highest BCUT2D eigenvalue weighted by Gasteiger charge is 2.20. The van der Waals surface area contributed by atoms with E-state index < -0.39 is 0 Å². The number of benzene rings is 1. The van der Waals surface area contributed by atoms with Crippen molar-refractivity contribution in [1.29, 1.82) is 0 Å². The fourth-order valence-corrected chi connectivity index (χ4v) is 3.29. The monoisotopic (exact) mass is 350 g/mol. The van der Waals surface area contributed by atoms with Crippen molar-refractivity contribution in [3.8, 4) is 11.3 Å². The van der Waals surface area contributed by atoms with Crippen molar-refractivity contribution in [2.75, 3.05) is 5.32 Å². The fourth-order valence-electron chi connectivity index (χ4n) is 2.61. The van der Waals surface area contributed by atoms with Crippen LogP contribution in [0, 0.1) is 13.8 Å². The van der Waals surface area contributed by atoms with Crippen molar-refractivity contribution < 1.29 is 9.32 Å². The van der Waals surface area contributed by atoms with Crippen LogP contribution in [0.5, 0.6) is 0 Å². The Morgan fingerprint density at radius 2 is 1.96 bits per heavy atom. The Morgan fingerprint density at radius 3 is 2.68 bits per heavy atom. The summed E-state index contributed by atoms with van der Waals surface area (Å²) in [5.74, 6) is -0.259. The first-order valence-electron chi connectivity index (χ1n) is 7.68. The van der Waals surface area contributed by atoms with Gasteiger partial charge in [0.25, 0.3) is 11.6 Å². The Bertz CT molecular complexity index is 1070. The molecule has 1 aromatic carbocycles. The zero-order valence-electron chi connectivity index (χ0n) is 13.6. The largest absolute Gasteiger partial charge is 0.335 e. The van der Waals surface area contributed by atoms with Crippen LogP contribution in [0.1, 0.15) is 21.7 Å². The van der Waals surface area contributed by atoms with Crippen LogP contribution in [0.15, 0.2) is 46.3 Å². The molecule has 0 saturated heterocycles. The zero-order chi connectivity index (χ0) is 17.4. The van der Waals surface area contributed by atoms with Crippen molar-refractivity contribution >= 4 is 33.5 Å². The molecule has 0 aliphatic rings. The number of rotatable bonds is 3. The maximum Gasteiger partial charge on any atom is 0.259 e. The Labute approximate surface area is 147 Å². The average molecular weight is 350 g/mol. The standard InChI is InChI=1S/C18H14N4O2S/c1-10-9-25-18(19-10)21-16(23)13-8-14(12-6-4-3-5-7-12)20-17-15(13)11(2)22-24-17/h3-9H,1-2H3,(H,19,21,23). The van der Waals surface area contributed by atoms with Gasteiger partial charge in [-0.2, -0.15) is 0 Å². The highest BCUT2D eigenvalue weighted by atomic mass is 32.1. The number of aromatic nitrogens is 3. The maximum atomic E-state index is 12.8. The van der Waals surface area contributed by atoms with Crippen molar-refractivity contribution in [2.45, 2.75) is 13.8 Å². The second-order valence-corrected chi connectivity index (χ2v) is 6.48. The van der Waals surface area contributed by atoms with Crippen LogP contribution >= 0.6 is 11.3 Å². The highest BCUT2D eigenvalue weighted by Crippen LogP contribution is 2.28. The van der Waals surface area contributed by atoms with Gasteiger partial charge in [0.05, 0.1) is 28.0 Å². The van der Waals surface area contributed by atoms with E-state index in [1.807, 2.05) is 42.6 Å².